The van der Waals surface area contributed by atoms with Gasteiger partial charge in [-0.2, -0.15) is 5.10 Å². The number of hydrogen-bond acceptors (Lipinski definition) is 9. The van der Waals surface area contributed by atoms with E-state index < -0.39 is 38.8 Å². The zero-order chi connectivity index (χ0) is 24.7. The average molecular weight is 481 g/mol. The van der Waals surface area contributed by atoms with Crippen molar-refractivity contribution >= 4 is 46.8 Å². The van der Waals surface area contributed by atoms with Crippen molar-refractivity contribution in [2.75, 3.05) is 0 Å². The molecule has 0 fully saturated rings. The summed E-state index contributed by atoms with van der Waals surface area (Å²) in [5, 5.41) is 40.0. The van der Waals surface area contributed by atoms with Gasteiger partial charge in [-0.25, -0.2) is 5.43 Å². The number of phenolic OH excluding ortho intramolecular Hbond substituents is 1. The second-order valence-electron chi connectivity index (χ2n) is 6.51. The molecule has 12 nitrogen and oxygen atoms in total. The first-order valence-corrected chi connectivity index (χ1v) is 10.2. The topological polar surface area (TPSA) is 177 Å². The van der Waals surface area contributed by atoms with Gasteiger partial charge in [0.1, 0.15) is 5.70 Å². The van der Waals surface area contributed by atoms with Crippen molar-refractivity contribution in [3.63, 3.8) is 0 Å². The van der Waals surface area contributed by atoms with Crippen LogP contribution in [0.1, 0.15) is 20.8 Å². The molecule has 13 heteroatoms. The number of aromatic hydroxyl groups is 1. The van der Waals surface area contributed by atoms with Crippen molar-refractivity contribution in [3.8, 4) is 5.75 Å². The quantitative estimate of drug-likeness (QED) is 0.191. The molecule has 0 aliphatic heterocycles. The van der Waals surface area contributed by atoms with Crippen LogP contribution in [-0.4, -0.2) is 33.0 Å². The highest BCUT2D eigenvalue weighted by atomic mass is 32.1. The second-order valence-corrected chi connectivity index (χ2v) is 7.49. The minimum atomic E-state index is -0.987. The molecule has 0 bridgehead atoms. The van der Waals surface area contributed by atoms with Gasteiger partial charge in [-0.3, -0.25) is 29.8 Å². The Morgan fingerprint density at radius 3 is 2.38 bits per heavy atom. The number of non-ortho nitro benzene ring substituents is 1. The third-order valence-electron chi connectivity index (χ3n) is 4.24. The molecule has 1 aromatic heterocycles. The van der Waals surface area contributed by atoms with E-state index in [2.05, 4.69) is 15.8 Å². The largest absolute Gasteiger partial charge is 0.502 e. The van der Waals surface area contributed by atoms with Gasteiger partial charge < -0.3 is 10.4 Å². The summed E-state index contributed by atoms with van der Waals surface area (Å²) in [7, 11) is 0. The van der Waals surface area contributed by atoms with Crippen molar-refractivity contribution < 1.29 is 24.5 Å². The first-order valence-electron chi connectivity index (χ1n) is 9.37. The number of carbonyl (C=O) groups is 2. The summed E-state index contributed by atoms with van der Waals surface area (Å²) >= 11 is 1.32. The van der Waals surface area contributed by atoms with E-state index in [1.54, 1.807) is 47.8 Å². The number of nitro benzene ring substituents is 2. The average Bonchev–Trinajstić information content (AvgIpc) is 3.33. The molecule has 0 aliphatic carbocycles. The summed E-state index contributed by atoms with van der Waals surface area (Å²) in [5.41, 5.74) is 0.383. The van der Waals surface area contributed by atoms with Gasteiger partial charge in [0, 0.05) is 16.5 Å². The molecule has 0 aliphatic rings. The molecular formula is C21H15N5O7S. The van der Waals surface area contributed by atoms with Crippen LogP contribution in [0.25, 0.3) is 6.08 Å². The fourth-order valence-electron chi connectivity index (χ4n) is 2.65. The maximum absolute atomic E-state index is 12.7. The Morgan fingerprint density at radius 2 is 1.76 bits per heavy atom. The first-order chi connectivity index (χ1) is 16.3. The number of rotatable bonds is 8. The molecule has 172 valence electrons. The van der Waals surface area contributed by atoms with E-state index in [9.17, 15) is 34.9 Å². The van der Waals surface area contributed by atoms with Crippen LogP contribution >= 0.6 is 11.3 Å². The van der Waals surface area contributed by atoms with Gasteiger partial charge in [-0.1, -0.05) is 24.3 Å². The van der Waals surface area contributed by atoms with Gasteiger partial charge in [-0.15, -0.1) is 11.3 Å². The number of benzene rings is 2. The van der Waals surface area contributed by atoms with Crippen molar-refractivity contribution in [1.29, 1.82) is 0 Å². The molecular weight excluding hydrogens is 466 g/mol. The molecule has 0 saturated heterocycles. The molecule has 0 unspecified atom stereocenters. The molecule has 34 heavy (non-hydrogen) atoms. The highest BCUT2D eigenvalue weighted by molar-refractivity contribution is 7.10. The third-order valence-corrected chi connectivity index (χ3v) is 5.06. The van der Waals surface area contributed by atoms with Crippen LogP contribution in [0.2, 0.25) is 0 Å². The fourth-order valence-corrected chi connectivity index (χ4v) is 3.30. The summed E-state index contributed by atoms with van der Waals surface area (Å²) in [6.45, 7) is 0. The lowest BCUT2D eigenvalue weighted by Gasteiger charge is -2.08. The Labute approximate surface area is 195 Å². The maximum atomic E-state index is 12.7. The summed E-state index contributed by atoms with van der Waals surface area (Å²) in [5.74, 6) is -2.25. The summed E-state index contributed by atoms with van der Waals surface area (Å²) in [6, 6.07) is 13.1. The molecule has 3 rings (SSSR count). The molecule has 1 heterocycles. The Morgan fingerprint density at radius 1 is 1.03 bits per heavy atom. The van der Waals surface area contributed by atoms with Gasteiger partial charge >= 0.3 is 5.69 Å². The van der Waals surface area contributed by atoms with Gasteiger partial charge in [0.25, 0.3) is 17.5 Å². The van der Waals surface area contributed by atoms with E-state index >= 15 is 0 Å². The van der Waals surface area contributed by atoms with Crippen LogP contribution in [0.15, 0.2) is 70.8 Å². The second kappa shape index (κ2) is 10.6. The number of nitrogens with one attached hydrogen (secondary N) is 2. The zero-order valence-electron chi connectivity index (χ0n) is 17.1. The first kappa shape index (κ1) is 23.7. The summed E-state index contributed by atoms with van der Waals surface area (Å²) < 4.78 is 0. The van der Waals surface area contributed by atoms with E-state index in [1.165, 1.54) is 17.4 Å². The zero-order valence-corrected chi connectivity index (χ0v) is 17.9. The number of nitro groups is 2. The minimum absolute atomic E-state index is 0.150. The van der Waals surface area contributed by atoms with E-state index in [0.717, 1.165) is 12.3 Å². The van der Waals surface area contributed by atoms with Gasteiger partial charge in [0.05, 0.1) is 27.7 Å². The van der Waals surface area contributed by atoms with Crippen molar-refractivity contribution in [3.05, 3.63) is 102 Å². The Balaban J connectivity index is 1.84. The molecule has 0 radical (unpaired) electrons. The predicted molar refractivity (Wildman–Crippen MR) is 123 cm³/mol. The number of thiophene rings is 1. The minimum Gasteiger partial charge on any atom is -0.502 e. The molecule has 2 amide bonds. The van der Waals surface area contributed by atoms with Crippen LogP contribution in [0.5, 0.6) is 5.75 Å². The maximum Gasteiger partial charge on any atom is 0.318 e. The smallest absolute Gasteiger partial charge is 0.318 e. The van der Waals surface area contributed by atoms with Crippen LogP contribution in [0, 0.1) is 20.2 Å². The van der Waals surface area contributed by atoms with Crippen LogP contribution in [-0.2, 0) is 4.79 Å². The van der Waals surface area contributed by atoms with Crippen molar-refractivity contribution in [2.24, 2.45) is 5.10 Å². The van der Waals surface area contributed by atoms with Crippen molar-refractivity contribution in [2.45, 2.75) is 0 Å². The van der Waals surface area contributed by atoms with E-state index in [-0.39, 0.29) is 11.3 Å². The van der Waals surface area contributed by atoms with E-state index in [0.29, 0.717) is 16.5 Å². The number of amides is 2. The van der Waals surface area contributed by atoms with Crippen LogP contribution < -0.4 is 10.7 Å². The fraction of sp³-hybridized carbons (Fsp3) is 0. The highest BCUT2D eigenvalue weighted by Gasteiger charge is 2.23. The lowest BCUT2D eigenvalue weighted by molar-refractivity contribution is -0.394. The Kier molecular flexibility index (Phi) is 7.41. The number of phenols is 1. The summed E-state index contributed by atoms with van der Waals surface area (Å²) in [4.78, 5) is 46.1. The normalized spacial score (nSPS) is 11.2. The van der Waals surface area contributed by atoms with E-state index in [4.69, 9.17) is 0 Å². The lowest BCUT2D eigenvalue weighted by Crippen LogP contribution is -2.32. The monoisotopic (exact) mass is 481 g/mol. The van der Waals surface area contributed by atoms with Crippen LogP contribution in [0.4, 0.5) is 11.4 Å². The SMILES string of the molecule is O=C(NN=Cc1cc([N+](=O)[O-])cc([N+](=O)[O-])c1O)/C(=C\c1cccs1)NC(=O)c1ccccc1. The lowest BCUT2D eigenvalue weighted by atomic mass is 10.1. The Hall–Kier alpha value is -4.91. The number of carbonyl (C=O) groups excluding carboxylic acids is 2. The molecule has 2 aromatic carbocycles. The molecule has 0 spiro atoms. The molecule has 0 atom stereocenters. The summed E-state index contributed by atoms with van der Waals surface area (Å²) in [6.07, 6.45) is 2.24. The molecule has 3 N–H and O–H groups in total. The number of hydrazone groups is 1. The number of nitrogens with zero attached hydrogens (tertiary/aromatic N) is 3. The van der Waals surface area contributed by atoms with E-state index in [1.807, 2.05) is 0 Å². The Bertz CT molecular complexity index is 1300. The van der Waals surface area contributed by atoms with Crippen molar-refractivity contribution in [1.82, 2.24) is 10.7 Å². The van der Waals surface area contributed by atoms with Crippen LogP contribution in [0.3, 0.4) is 0 Å². The molecule has 3 aromatic rings. The number of hydrogen-bond donors (Lipinski definition) is 3. The van der Waals surface area contributed by atoms with Gasteiger partial charge in [0.15, 0.2) is 0 Å². The standard InChI is InChI=1S/C21H15N5O7S/c27-19-14(9-15(25(30)31)10-18(19)26(32)33)12-22-24-21(29)17(11-16-7-4-8-34-16)23-20(28)13-5-2-1-3-6-13/h1-12,27H,(H,23,28)(H,24,29)/b17-11+,22-12?. The third kappa shape index (κ3) is 5.86. The molecule has 0 saturated carbocycles. The van der Waals surface area contributed by atoms with Gasteiger partial charge in [-0.05, 0) is 29.7 Å². The highest BCUT2D eigenvalue weighted by Crippen LogP contribution is 2.33. The van der Waals surface area contributed by atoms with Gasteiger partial charge in [0.2, 0.25) is 5.75 Å². The predicted octanol–water partition coefficient (Wildman–Crippen LogP) is 3.19.